The van der Waals surface area contributed by atoms with Gasteiger partial charge in [0.2, 0.25) is 0 Å². The van der Waals surface area contributed by atoms with Gasteiger partial charge in [-0.2, -0.15) is 5.26 Å². The minimum absolute atomic E-state index is 0.102. The monoisotopic (exact) mass is 273 g/mol. The maximum absolute atomic E-state index is 8.59. The second-order valence-corrected chi connectivity index (χ2v) is 5.23. The lowest BCUT2D eigenvalue weighted by atomic mass is 10.1. The first-order valence-corrected chi connectivity index (χ1v) is 7.34. The first-order valence-electron chi connectivity index (χ1n) is 7.34. The number of para-hydroxylation sites is 1. The molecule has 4 heteroatoms. The van der Waals surface area contributed by atoms with E-state index in [1.54, 1.807) is 0 Å². The highest BCUT2D eigenvalue weighted by molar-refractivity contribution is 5.33. The number of nitriles is 1. The number of hydrogen-bond donors (Lipinski definition) is 1. The Morgan fingerprint density at radius 1 is 1.45 bits per heavy atom. The van der Waals surface area contributed by atoms with Crippen LogP contribution in [0, 0.1) is 17.2 Å². The van der Waals surface area contributed by atoms with Crippen LogP contribution in [0.4, 0.5) is 0 Å². The fraction of sp³-hybridized carbons (Fsp3) is 0.562. The number of hydrogen-bond acceptors (Lipinski definition) is 4. The SMILES string of the molecule is CCN1CCC(CNCc2ccccc2OCC#N)C1. The van der Waals surface area contributed by atoms with Gasteiger partial charge in [0.25, 0.3) is 0 Å². The third-order valence-electron chi connectivity index (χ3n) is 3.83. The fourth-order valence-corrected chi connectivity index (χ4v) is 2.68. The largest absolute Gasteiger partial charge is 0.478 e. The van der Waals surface area contributed by atoms with Gasteiger partial charge >= 0.3 is 0 Å². The zero-order valence-corrected chi connectivity index (χ0v) is 12.1. The molecule has 4 nitrogen and oxygen atoms in total. The van der Waals surface area contributed by atoms with Crippen LogP contribution in [0.25, 0.3) is 0 Å². The van der Waals surface area contributed by atoms with Gasteiger partial charge in [-0.15, -0.1) is 0 Å². The predicted molar refractivity (Wildman–Crippen MR) is 79.5 cm³/mol. The first kappa shape index (κ1) is 14.8. The summed E-state index contributed by atoms with van der Waals surface area (Å²) in [5.74, 6) is 1.56. The van der Waals surface area contributed by atoms with Crippen molar-refractivity contribution in [3.8, 4) is 11.8 Å². The van der Waals surface area contributed by atoms with E-state index in [1.807, 2.05) is 30.3 Å². The molecule has 1 heterocycles. The summed E-state index contributed by atoms with van der Waals surface area (Å²) >= 11 is 0. The van der Waals surface area contributed by atoms with E-state index in [2.05, 4.69) is 17.1 Å². The molecule has 1 aliphatic heterocycles. The molecule has 1 atom stereocenters. The Bertz CT molecular complexity index is 455. The van der Waals surface area contributed by atoms with Crippen LogP contribution < -0.4 is 10.1 Å². The Morgan fingerprint density at radius 3 is 3.05 bits per heavy atom. The summed E-state index contributed by atoms with van der Waals surface area (Å²) in [7, 11) is 0. The van der Waals surface area contributed by atoms with Crippen molar-refractivity contribution in [1.29, 1.82) is 5.26 Å². The maximum atomic E-state index is 8.59. The molecule has 20 heavy (non-hydrogen) atoms. The van der Waals surface area contributed by atoms with E-state index in [9.17, 15) is 0 Å². The number of likely N-dealkylation sites (tertiary alicyclic amines) is 1. The summed E-state index contributed by atoms with van der Waals surface area (Å²) in [5, 5.41) is 12.1. The van der Waals surface area contributed by atoms with Crippen molar-refractivity contribution in [2.75, 3.05) is 32.8 Å². The van der Waals surface area contributed by atoms with E-state index in [4.69, 9.17) is 10.00 Å². The van der Waals surface area contributed by atoms with Crippen molar-refractivity contribution in [3.63, 3.8) is 0 Å². The van der Waals surface area contributed by atoms with Gasteiger partial charge in [-0.05, 0) is 38.0 Å². The van der Waals surface area contributed by atoms with E-state index < -0.39 is 0 Å². The number of ether oxygens (including phenoxy) is 1. The Kier molecular flexibility index (Phi) is 5.85. The third-order valence-corrected chi connectivity index (χ3v) is 3.83. The summed E-state index contributed by atoms with van der Waals surface area (Å²) in [6.45, 7) is 7.75. The van der Waals surface area contributed by atoms with Gasteiger partial charge in [-0.25, -0.2) is 0 Å². The van der Waals surface area contributed by atoms with Gasteiger partial charge in [-0.3, -0.25) is 0 Å². The van der Waals surface area contributed by atoms with Crippen molar-refractivity contribution >= 4 is 0 Å². The topological polar surface area (TPSA) is 48.3 Å². The van der Waals surface area contributed by atoms with E-state index in [-0.39, 0.29) is 6.61 Å². The van der Waals surface area contributed by atoms with Crippen LogP contribution in [0.5, 0.6) is 5.75 Å². The summed E-state index contributed by atoms with van der Waals surface area (Å²) in [6, 6.07) is 9.92. The Balaban J connectivity index is 1.78. The molecule has 0 radical (unpaired) electrons. The molecule has 1 aliphatic rings. The molecule has 1 N–H and O–H groups in total. The number of nitrogens with zero attached hydrogens (tertiary/aromatic N) is 2. The van der Waals surface area contributed by atoms with Crippen molar-refractivity contribution in [1.82, 2.24) is 10.2 Å². The van der Waals surface area contributed by atoms with Gasteiger partial charge in [-0.1, -0.05) is 25.1 Å². The normalized spacial score (nSPS) is 18.9. The summed E-state index contributed by atoms with van der Waals surface area (Å²) in [4.78, 5) is 2.50. The van der Waals surface area contributed by atoms with Crippen LogP contribution >= 0.6 is 0 Å². The zero-order chi connectivity index (χ0) is 14.2. The standard InChI is InChI=1S/C16H23N3O/c1-2-19-9-7-14(13-19)11-18-12-15-5-3-4-6-16(15)20-10-8-17/h3-6,14,18H,2,7,9-13H2,1H3. The van der Waals surface area contributed by atoms with Crippen molar-refractivity contribution in [2.24, 2.45) is 5.92 Å². The van der Waals surface area contributed by atoms with E-state index >= 15 is 0 Å². The first-order chi connectivity index (χ1) is 9.83. The molecular weight excluding hydrogens is 250 g/mol. The second-order valence-electron chi connectivity index (χ2n) is 5.23. The molecule has 0 amide bonds. The van der Waals surface area contributed by atoms with Crippen LogP contribution in [0.2, 0.25) is 0 Å². The molecular formula is C16H23N3O. The van der Waals surface area contributed by atoms with Crippen LogP contribution in [-0.4, -0.2) is 37.7 Å². The summed E-state index contributed by atoms with van der Waals surface area (Å²) in [6.07, 6.45) is 1.29. The highest BCUT2D eigenvalue weighted by Crippen LogP contribution is 2.18. The molecule has 1 aromatic carbocycles. The van der Waals surface area contributed by atoms with Crippen LogP contribution in [-0.2, 0) is 6.54 Å². The summed E-state index contributed by atoms with van der Waals surface area (Å²) in [5.41, 5.74) is 1.12. The molecule has 1 aromatic rings. The minimum atomic E-state index is 0.102. The molecule has 0 spiro atoms. The maximum Gasteiger partial charge on any atom is 0.174 e. The highest BCUT2D eigenvalue weighted by atomic mass is 16.5. The van der Waals surface area contributed by atoms with Crippen molar-refractivity contribution in [3.05, 3.63) is 29.8 Å². The number of nitrogens with one attached hydrogen (secondary N) is 1. The molecule has 0 aliphatic carbocycles. The van der Waals surface area contributed by atoms with Crippen molar-refractivity contribution in [2.45, 2.75) is 19.9 Å². The summed E-state index contributed by atoms with van der Waals surface area (Å²) < 4.78 is 5.43. The van der Waals surface area contributed by atoms with Crippen LogP contribution in [0.3, 0.4) is 0 Å². The van der Waals surface area contributed by atoms with Gasteiger partial charge in [0.15, 0.2) is 6.61 Å². The fourth-order valence-electron chi connectivity index (χ4n) is 2.68. The van der Waals surface area contributed by atoms with Gasteiger partial charge in [0, 0.05) is 18.7 Å². The minimum Gasteiger partial charge on any atom is -0.478 e. The number of rotatable bonds is 7. The molecule has 108 valence electrons. The van der Waals surface area contributed by atoms with E-state index in [0.29, 0.717) is 0 Å². The Hall–Kier alpha value is -1.57. The lowest BCUT2D eigenvalue weighted by Crippen LogP contribution is -2.26. The van der Waals surface area contributed by atoms with E-state index in [0.717, 1.165) is 36.9 Å². The molecule has 2 rings (SSSR count). The zero-order valence-electron chi connectivity index (χ0n) is 12.1. The highest BCUT2D eigenvalue weighted by Gasteiger charge is 2.20. The predicted octanol–water partition coefficient (Wildman–Crippen LogP) is 2.02. The van der Waals surface area contributed by atoms with Gasteiger partial charge in [0.1, 0.15) is 11.8 Å². The molecule has 1 fully saturated rings. The third kappa shape index (κ3) is 4.22. The Labute approximate surface area is 121 Å². The number of benzene rings is 1. The molecule has 0 saturated carbocycles. The van der Waals surface area contributed by atoms with Crippen molar-refractivity contribution < 1.29 is 4.74 Å². The Morgan fingerprint density at radius 2 is 2.30 bits per heavy atom. The van der Waals surface area contributed by atoms with Gasteiger partial charge in [0.05, 0.1) is 0 Å². The second kappa shape index (κ2) is 7.88. The van der Waals surface area contributed by atoms with Crippen LogP contribution in [0.15, 0.2) is 24.3 Å². The van der Waals surface area contributed by atoms with Gasteiger partial charge < -0.3 is 15.0 Å². The smallest absolute Gasteiger partial charge is 0.174 e. The lowest BCUT2D eigenvalue weighted by molar-refractivity contribution is 0.338. The van der Waals surface area contributed by atoms with E-state index in [1.165, 1.54) is 19.5 Å². The molecule has 1 saturated heterocycles. The molecule has 0 bridgehead atoms. The lowest BCUT2D eigenvalue weighted by Gasteiger charge is -2.14. The van der Waals surface area contributed by atoms with Crippen LogP contribution in [0.1, 0.15) is 18.9 Å². The average molecular weight is 273 g/mol. The molecule has 0 aromatic heterocycles. The molecule has 1 unspecified atom stereocenters. The average Bonchev–Trinajstić information content (AvgIpc) is 2.94. The quantitative estimate of drug-likeness (QED) is 0.825.